The van der Waals surface area contributed by atoms with Crippen LogP contribution in [0, 0.1) is 5.82 Å². The topological polar surface area (TPSA) is 102 Å². The fourth-order valence-corrected chi connectivity index (χ4v) is 6.30. The minimum absolute atomic E-state index is 0.0250. The zero-order valence-electron chi connectivity index (χ0n) is 23.0. The molecule has 1 aromatic heterocycles. The summed E-state index contributed by atoms with van der Waals surface area (Å²) in [4.78, 5) is 7.05. The molecule has 8 nitrogen and oxygen atoms in total. The number of benzene rings is 2. The molecule has 2 fully saturated rings. The van der Waals surface area contributed by atoms with E-state index in [2.05, 4.69) is 16.1 Å². The highest BCUT2D eigenvalue weighted by Gasteiger charge is 2.43. The van der Waals surface area contributed by atoms with Gasteiger partial charge in [0, 0.05) is 24.1 Å². The number of fused-ring (bicyclic) bond motifs is 1. The number of aromatic nitrogens is 1. The summed E-state index contributed by atoms with van der Waals surface area (Å²) >= 11 is 5.97. The smallest absolute Gasteiger partial charge is 0.278 e. The van der Waals surface area contributed by atoms with E-state index in [0.717, 1.165) is 55.8 Å². The van der Waals surface area contributed by atoms with Gasteiger partial charge in [0.25, 0.3) is 5.79 Å². The summed E-state index contributed by atoms with van der Waals surface area (Å²) in [5.41, 5.74) is 8.43. The number of piperidine rings is 1. The van der Waals surface area contributed by atoms with Crippen molar-refractivity contribution in [1.82, 2.24) is 9.88 Å². The van der Waals surface area contributed by atoms with Crippen LogP contribution in [0.5, 0.6) is 17.2 Å². The number of nitrogens with zero attached hydrogens (tertiary/aromatic N) is 3. The molecule has 1 saturated heterocycles. The third kappa shape index (κ3) is 5.65. The van der Waals surface area contributed by atoms with Gasteiger partial charge in [-0.25, -0.2) is 9.37 Å². The van der Waals surface area contributed by atoms with Crippen LogP contribution in [0.4, 0.5) is 4.39 Å². The predicted molar refractivity (Wildman–Crippen MR) is 153 cm³/mol. The van der Waals surface area contributed by atoms with E-state index < -0.39 is 11.6 Å². The molecule has 216 valence electrons. The molecule has 6 rings (SSSR count). The molecule has 0 amide bonds. The Morgan fingerprint density at radius 3 is 2.66 bits per heavy atom. The van der Waals surface area contributed by atoms with Crippen LogP contribution >= 0.6 is 11.6 Å². The standard InChI is InChI=1S/C31H34ClFN4O4/c1-31(23-10-9-20(32)17-24(23)33)40-28-8-4-7-22(29(28)41-31)19-13-15-37(16-14-19)18-26-27(39-21-5-2-3-6-21)12-11-25(35-26)30(34)36-38/h4,7-12,17,19,21,38H,2-3,5-6,13-16,18H2,1H3,(H2,34,36). The lowest BCUT2D eigenvalue weighted by Gasteiger charge is -2.33. The van der Waals surface area contributed by atoms with Gasteiger partial charge < -0.3 is 25.2 Å². The molecule has 3 heterocycles. The number of halogens is 2. The lowest BCUT2D eigenvalue weighted by molar-refractivity contribution is -0.0712. The molecule has 2 aromatic carbocycles. The van der Waals surface area contributed by atoms with Gasteiger partial charge in [0.2, 0.25) is 0 Å². The summed E-state index contributed by atoms with van der Waals surface area (Å²) < 4.78 is 33.6. The van der Waals surface area contributed by atoms with E-state index in [0.29, 0.717) is 34.3 Å². The average Bonchev–Trinajstić information content (AvgIpc) is 3.61. The maximum atomic E-state index is 14.8. The largest absolute Gasteiger partial charge is 0.488 e. The van der Waals surface area contributed by atoms with Crippen molar-refractivity contribution in [3.8, 4) is 17.2 Å². The first-order valence-corrected chi connectivity index (χ1v) is 14.5. The molecule has 3 aromatic rings. The quantitative estimate of drug-likeness (QED) is 0.146. The van der Waals surface area contributed by atoms with Gasteiger partial charge in [-0.3, -0.25) is 4.90 Å². The Hall–Kier alpha value is -3.56. The maximum Gasteiger partial charge on any atom is 0.278 e. The SMILES string of the molecule is CC1(c2ccc(Cl)cc2F)Oc2cccc(C3CCN(Cc4nc(/C(N)=N\O)ccc4OC4CCCC4)CC3)c2O1. The Balaban J connectivity index is 1.16. The number of pyridine rings is 1. The molecule has 0 bridgehead atoms. The number of para-hydroxylation sites is 1. The van der Waals surface area contributed by atoms with E-state index in [9.17, 15) is 4.39 Å². The fourth-order valence-electron chi connectivity index (χ4n) is 6.14. The molecule has 1 aliphatic carbocycles. The van der Waals surface area contributed by atoms with Gasteiger partial charge in [-0.2, -0.15) is 0 Å². The number of oxime groups is 1. The van der Waals surface area contributed by atoms with Crippen LogP contribution in [0.25, 0.3) is 0 Å². The molecule has 1 saturated carbocycles. The van der Waals surface area contributed by atoms with Crippen molar-refractivity contribution in [1.29, 1.82) is 0 Å². The van der Waals surface area contributed by atoms with E-state index in [1.54, 1.807) is 25.1 Å². The van der Waals surface area contributed by atoms with Crippen LogP contribution < -0.4 is 19.9 Å². The van der Waals surface area contributed by atoms with E-state index >= 15 is 0 Å². The summed E-state index contributed by atoms with van der Waals surface area (Å²) in [6.45, 7) is 4.02. The molecule has 1 atom stereocenters. The van der Waals surface area contributed by atoms with Crippen molar-refractivity contribution < 1.29 is 23.8 Å². The summed E-state index contributed by atoms with van der Waals surface area (Å²) in [5, 5.41) is 12.6. The fraction of sp³-hybridized carbons (Fsp3) is 0.419. The number of rotatable bonds is 7. The van der Waals surface area contributed by atoms with Crippen LogP contribution in [0.3, 0.4) is 0 Å². The van der Waals surface area contributed by atoms with E-state index in [1.807, 2.05) is 18.2 Å². The van der Waals surface area contributed by atoms with Crippen molar-refractivity contribution in [2.24, 2.45) is 10.9 Å². The zero-order valence-corrected chi connectivity index (χ0v) is 23.7. The Morgan fingerprint density at radius 1 is 1.15 bits per heavy atom. The highest BCUT2D eigenvalue weighted by molar-refractivity contribution is 6.30. The zero-order chi connectivity index (χ0) is 28.6. The van der Waals surface area contributed by atoms with Gasteiger partial charge in [-0.15, -0.1) is 0 Å². The van der Waals surface area contributed by atoms with E-state index in [4.69, 9.17) is 41.7 Å². The first kappa shape index (κ1) is 27.6. The monoisotopic (exact) mass is 580 g/mol. The second kappa shape index (κ2) is 11.4. The normalized spacial score (nSPS) is 21.9. The van der Waals surface area contributed by atoms with Crippen LogP contribution in [-0.2, 0) is 12.3 Å². The van der Waals surface area contributed by atoms with Crippen molar-refractivity contribution in [3.05, 3.63) is 81.9 Å². The predicted octanol–water partition coefficient (Wildman–Crippen LogP) is 6.31. The molecule has 3 aliphatic rings. The third-order valence-corrected chi connectivity index (χ3v) is 8.57. The van der Waals surface area contributed by atoms with Crippen LogP contribution in [0.15, 0.2) is 53.7 Å². The van der Waals surface area contributed by atoms with Crippen LogP contribution in [0.1, 0.15) is 73.9 Å². The van der Waals surface area contributed by atoms with Gasteiger partial charge in [0.1, 0.15) is 17.3 Å². The third-order valence-electron chi connectivity index (χ3n) is 8.33. The first-order valence-electron chi connectivity index (χ1n) is 14.2. The summed E-state index contributed by atoms with van der Waals surface area (Å²) in [6.07, 6.45) is 6.46. The molecule has 10 heteroatoms. The lowest BCUT2D eigenvalue weighted by Crippen LogP contribution is -2.34. The number of hydrogen-bond acceptors (Lipinski definition) is 7. The Morgan fingerprint density at radius 2 is 1.93 bits per heavy atom. The van der Waals surface area contributed by atoms with Crippen molar-refractivity contribution in [3.63, 3.8) is 0 Å². The molecule has 41 heavy (non-hydrogen) atoms. The van der Waals surface area contributed by atoms with Crippen LogP contribution in [-0.4, -0.2) is 40.1 Å². The maximum absolute atomic E-state index is 14.8. The van der Waals surface area contributed by atoms with Gasteiger partial charge >= 0.3 is 0 Å². The van der Waals surface area contributed by atoms with E-state index in [1.165, 1.54) is 18.9 Å². The number of hydrogen-bond donors (Lipinski definition) is 2. The lowest BCUT2D eigenvalue weighted by atomic mass is 9.88. The highest BCUT2D eigenvalue weighted by Crippen LogP contribution is 2.50. The molecule has 1 unspecified atom stereocenters. The van der Waals surface area contributed by atoms with Gasteiger partial charge in [-0.05, 0) is 93.9 Å². The Bertz CT molecular complexity index is 1460. The van der Waals surface area contributed by atoms with Gasteiger partial charge in [0.05, 0.1) is 17.4 Å². The van der Waals surface area contributed by atoms with Crippen molar-refractivity contribution in [2.45, 2.75) is 69.8 Å². The molecular formula is C31H34ClFN4O4. The molecule has 0 radical (unpaired) electrons. The Kier molecular flexibility index (Phi) is 7.66. The number of likely N-dealkylation sites (tertiary alicyclic amines) is 1. The van der Waals surface area contributed by atoms with Crippen LogP contribution in [0.2, 0.25) is 5.02 Å². The van der Waals surface area contributed by atoms with Crippen molar-refractivity contribution >= 4 is 17.4 Å². The molecule has 3 N–H and O–H groups in total. The second-order valence-corrected chi connectivity index (χ2v) is 11.6. The van der Waals surface area contributed by atoms with Gasteiger partial charge in [0.15, 0.2) is 17.3 Å². The summed E-state index contributed by atoms with van der Waals surface area (Å²) in [5.74, 6) is 0.524. The average molecular weight is 581 g/mol. The minimum atomic E-state index is -1.28. The molecule has 2 aliphatic heterocycles. The molecular weight excluding hydrogens is 547 g/mol. The first-order chi connectivity index (χ1) is 19.8. The number of ether oxygens (including phenoxy) is 3. The van der Waals surface area contributed by atoms with Gasteiger partial charge in [-0.1, -0.05) is 28.9 Å². The number of amidine groups is 1. The summed E-state index contributed by atoms with van der Waals surface area (Å²) in [6, 6.07) is 14.0. The highest BCUT2D eigenvalue weighted by atomic mass is 35.5. The van der Waals surface area contributed by atoms with E-state index in [-0.39, 0.29) is 17.9 Å². The second-order valence-electron chi connectivity index (χ2n) is 11.1. The number of nitrogens with two attached hydrogens (primary N) is 1. The summed E-state index contributed by atoms with van der Waals surface area (Å²) in [7, 11) is 0. The Labute approximate surface area is 243 Å². The van der Waals surface area contributed by atoms with Crippen molar-refractivity contribution in [2.75, 3.05) is 13.1 Å². The minimum Gasteiger partial charge on any atom is -0.488 e. The molecule has 0 spiro atoms.